The Balaban J connectivity index is 1.32. The molecule has 130 valence electrons. The number of benzene rings is 1. The van der Waals surface area contributed by atoms with E-state index < -0.39 is 4.75 Å². The van der Waals surface area contributed by atoms with Crippen LogP contribution in [-0.2, 0) is 9.59 Å². The summed E-state index contributed by atoms with van der Waals surface area (Å²) in [6.45, 7) is 0.568. The molecule has 2 aliphatic heterocycles. The monoisotopic (exact) mass is 355 g/mol. The van der Waals surface area contributed by atoms with Crippen molar-refractivity contribution >= 4 is 34.4 Å². The SMILES string of the molecule is O=C1N=C(N[C@H]2C[C@H]3CC[C@H]2C3)SC12CCN(c1ccccc1)C2=O. The Kier molecular flexibility index (Phi) is 3.45. The molecule has 6 heteroatoms. The normalized spacial score (nSPS) is 36.6. The predicted octanol–water partition coefficient (Wildman–Crippen LogP) is 2.57. The van der Waals surface area contributed by atoms with Gasteiger partial charge in [0.25, 0.3) is 11.8 Å². The minimum Gasteiger partial charge on any atom is -0.361 e. The third kappa shape index (κ3) is 2.34. The summed E-state index contributed by atoms with van der Waals surface area (Å²) < 4.78 is -1.05. The standard InChI is InChI=1S/C19H21N3O2S/c23-16-19(8-9-22(17(19)24)14-4-2-1-3-5-14)25-18(21-16)20-15-11-12-6-7-13(15)10-12/h1-5,12-13,15H,6-11H2,(H,20,21,23)/t12-,13-,15-,19?/m0/s1. The molecule has 5 rings (SSSR count). The van der Waals surface area contributed by atoms with Crippen LogP contribution in [0.3, 0.4) is 0 Å². The molecule has 2 bridgehead atoms. The van der Waals surface area contributed by atoms with E-state index in [9.17, 15) is 9.59 Å². The van der Waals surface area contributed by atoms with Gasteiger partial charge < -0.3 is 10.2 Å². The molecule has 4 aliphatic rings. The number of hydrogen-bond donors (Lipinski definition) is 1. The van der Waals surface area contributed by atoms with Crippen molar-refractivity contribution in [2.24, 2.45) is 16.8 Å². The van der Waals surface area contributed by atoms with E-state index in [1.54, 1.807) is 4.90 Å². The molecule has 1 aromatic rings. The Morgan fingerprint density at radius 3 is 2.72 bits per heavy atom. The second kappa shape index (κ2) is 5.59. The molecule has 2 heterocycles. The number of amides is 2. The van der Waals surface area contributed by atoms with Crippen LogP contribution in [0.2, 0.25) is 0 Å². The fraction of sp³-hybridized carbons (Fsp3) is 0.526. The fourth-order valence-corrected chi connectivity index (χ4v) is 6.09. The lowest BCUT2D eigenvalue weighted by atomic mass is 9.96. The number of fused-ring (bicyclic) bond motifs is 2. The van der Waals surface area contributed by atoms with Gasteiger partial charge in [-0.3, -0.25) is 9.59 Å². The number of nitrogens with zero attached hydrogens (tertiary/aromatic N) is 2. The van der Waals surface area contributed by atoms with E-state index in [2.05, 4.69) is 10.3 Å². The number of hydrogen-bond acceptors (Lipinski definition) is 4. The smallest absolute Gasteiger partial charge is 0.274 e. The largest absolute Gasteiger partial charge is 0.361 e. The van der Waals surface area contributed by atoms with Crippen molar-refractivity contribution in [3.8, 4) is 0 Å². The van der Waals surface area contributed by atoms with E-state index in [0.717, 1.165) is 11.6 Å². The molecule has 3 fully saturated rings. The van der Waals surface area contributed by atoms with Crippen molar-refractivity contribution in [3.63, 3.8) is 0 Å². The zero-order valence-corrected chi connectivity index (χ0v) is 14.8. The van der Waals surface area contributed by atoms with Crippen molar-refractivity contribution in [2.45, 2.75) is 42.9 Å². The first-order valence-electron chi connectivity index (χ1n) is 9.11. The van der Waals surface area contributed by atoms with Crippen molar-refractivity contribution in [3.05, 3.63) is 30.3 Å². The maximum atomic E-state index is 13.0. The summed E-state index contributed by atoms with van der Waals surface area (Å²) in [7, 11) is 0. The molecule has 2 amide bonds. The van der Waals surface area contributed by atoms with Crippen molar-refractivity contribution in [1.82, 2.24) is 5.32 Å². The number of anilines is 1. The van der Waals surface area contributed by atoms with Crippen LogP contribution in [0.25, 0.3) is 0 Å². The van der Waals surface area contributed by atoms with Crippen LogP contribution in [0.4, 0.5) is 5.69 Å². The molecule has 5 nitrogen and oxygen atoms in total. The molecule has 1 spiro atoms. The molecule has 1 N–H and O–H groups in total. The molecule has 1 aromatic carbocycles. The second-order valence-electron chi connectivity index (χ2n) is 7.62. The Morgan fingerprint density at radius 1 is 1.16 bits per heavy atom. The molecule has 0 aromatic heterocycles. The van der Waals surface area contributed by atoms with Gasteiger partial charge in [0.05, 0.1) is 0 Å². The molecular weight excluding hydrogens is 334 g/mol. The molecule has 1 saturated heterocycles. The molecule has 2 saturated carbocycles. The van der Waals surface area contributed by atoms with Crippen LogP contribution in [0.1, 0.15) is 32.1 Å². The van der Waals surface area contributed by atoms with Crippen molar-refractivity contribution < 1.29 is 9.59 Å². The average Bonchev–Trinajstić information content (AvgIpc) is 3.36. The molecule has 2 aliphatic carbocycles. The van der Waals surface area contributed by atoms with E-state index in [4.69, 9.17) is 0 Å². The highest BCUT2D eigenvalue weighted by Crippen LogP contribution is 2.47. The first kappa shape index (κ1) is 15.4. The van der Waals surface area contributed by atoms with Crippen LogP contribution in [0, 0.1) is 11.8 Å². The summed E-state index contributed by atoms with van der Waals surface area (Å²) in [6.07, 6.45) is 5.62. The number of aliphatic imine (C=N–C) groups is 1. The van der Waals surface area contributed by atoms with Crippen LogP contribution in [0.15, 0.2) is 35.3 Å². The van der Waals surface area contributed by atoms with E-state index in [1.165, 1.54) is 37.4 Å². The predicted molar refractivity (Wildman–Crippen MR) is 98.5 cm³/mol. The maximum absolute atomic E-state index is 13.0. The van der Waals surface area contributed by atoms with Crippen LogP contribution in [0.5, 0.6) is 0 Å². The van der Waals surface area contributed by atoms with Gasteiger partial charge in [0, 0.05) is 18.3 Å². The highest BCUT2D eigenvalue weighted by Gasteiger charge is 2.58. The number of rotatable bonds is 2. The lowest BCUT2D eigenvalue weighted by molar-refractivity contribution is -0.127. The van der Waals surface area contributed by atoms with E-state index >= 15 is 0 Å². The Bertz CT molecular complexity index is 765. The molecule has 1 unspecified atom stereocenters. The summed E-state index contributed by atoms with van der Waals surface area (Å²) >= 11 is 1.35. The summed E-state index contributed by atoms with van der Waals surface area (Å²) in [5, 5.41) is 4.15. The molecule has 4 atom stereocenters. The highest BCUT2D eigenvalue weighted by molar-refractivity contribution is 8.16. The number of para-hydroxylation sites is 1. The van der Waals surface area contributed by atoms with Gasteiger partial charge in [-0.15, -0.1) is 0 Å². The Hall–Kier alpha value is -1.82. The fourth-order valence-electron chi connectivity index (χ4n) is 4.90. The minimum atomic E-state index is -1.05. The van der Waals surface area contributed by atoms with Crippen LogP contribution >= 0.6 is 11.8 Å². The quantitative estimate of drug-likeness (QED) is 0.829. The molecular formula is C19H21N3O2S. The van der Waals surface area contributed by atoms with Gasteiger partial charge in [-0.05, 0) is 49.7 Å². The summed E-state index contributed by atoms with van der Waals surface area (Å²) in [5.74, 6) is 1.13. The lowest BCUT2D eigenvalue weighted by Crippen LogP contribution is -2.42. The van der Waals surface area contributed by atoms with Gasteiger partial charge in [-0.1, -0.05) is 36.4 Å². The topological polar surface area (TPSA) is 61.8 Å². The maximum Gasteiger partial charge on any atom is 0.274 e. The van der Waals surface area contributed by atoms with Gasteiger partial charge >= 0.3 is 0 Å². The first-order valence-corrected chi connectivity index (χ1v) is 9.93. The van der Waals surface area contributed by atoms with Gasteiger partial charge in [0.1, 0.15) is 0 Å². The third-order valence-corrected chi connectivity index (χ3v) is 7.52. The molecule has 0 radical (unpaired) electrons. The van der Waals surface area contributed by atoms with Gasteiger partial charge in [-0.25, -0.2) is 0 Å². The number of carbonyl (C=O) groups excluding carboxylic acids is 2. The van der Waals surface area contributed by atoms with Crippen molar-refractivity contribution in [2.75, 3.05) is 11.4 Å². The van der Waals surface area contributed by atoms with Crippen LogP contribution in [-0.4, -0.2) is 34.3 Å². The molecule has 25 heavy (non-hydrogen) atoms. The Morgan fingerprint density at radius 2 is 2.00 bits per heavy atom. The van der Waals surface area contributed by atoms with Gasteiger partial charge in [0.15, 0.2) is 9.91 Å². The van der Waals surface area contributed by atoms with E-state index in [0.29, 0.717) is 30.1 Å². The zero-order valence-electron chi connectivity index (χ0n) is 14.0. The Labute approximate surface area is 151 Å². The zero-order chi connectivity index (χ0) is 17.0. The number of thioether (sulfide) groups is 1. The van der Waals surface area contributed by atoms with Crippen molar-refractivity contribution in [1.29, 1.82) is 0 Å². The minimum absolute atomic E-state index is 0.123. The summed E-state index contributed by atoms with van der Waals surface area (Å²) in [5.41, 5.74) is 0.854. The van der Waals surface area contributed by atoms with Gasteiger partial charge in [-0.2, -0.15) is 4.99 Å². The van der Waals surface area contributed by atoms with Crippen LogP contribution < -0.4 is 10.2 Å². The summed E-state index contributed by atoms with van der Waals surface area (Å²) in [6, 6.07) is 10.0. The third-order valence-electron chi connectivity index (χ3n) is 6.21. The van der Waals surface area contributed by atoms with E-state index in [1.807, 2.05) is 30.3 Å². The number of nitrogens with one attached hydrogen (secondary N) is 1. The van der Waals surface area contributed by atoms with Gasteiger partial charge in [0.2, 0.25) is 0 Å². The average molecular weight is 355 g/mol. The number of carbonyl (C=O) groups is 2. The second-order valence-corrected chi connectivity index (χ2v) is 8.91. The summed E-state index contributed by atoms with van der Waals surface area (Å²) in [4.78, 5) is 31.6. The number of amidine groups is 1. The highest BCUT2D eigenvalue weighted by atomic mass is 32.2. The lowest BCUT2D eigenvalue weighted by Gasteiger charge is -2.24. The van der Waals surface area contributed by atoms with E-state index in [-0.39, 0.29) is 11.8 Å². The first-order chi connectivity index (χ1) is 12.2.